The Bertz CT molecular complexity index is 356. The molecule has 80 valence electrons. The summed E-state index contributed by atoms with van der Waals surface area (Å²) in [5.74, 6) is -0.739. The standard InChI is InChI=1S/C12H13FO2/c13-11-6-2-1-5-10(11)12(14)9-4-3-7-15-8-9/h1-2,5-6,9H,3-4,7-8H2. The predicted octanol–water partition coefficient (Wildman–Crippen LogP) is 2.44. The Hall–Kier alpha value is -1.22. The van der Waals surface area contributed by atoms with Crippen molar-refractivity contribution in [2.45, 2.75) is 12.8 Å². The Morgan fingerprint density at radius 1 is 1.40 bits per heavy atom. The highest BCUT2D eigenvalue weighted by Gasteiger charge is 2.24. The molecule has 1 fully saturated rings. The number of carbonyl (C=O) groups is 1. The molecule has 0 spiro atoms. The Kier molecular flexibility index (Phi) is 3.11. The first-order valence-electron chi connectivity index (χ1n) is 5.15. The second-order valence-electron chi connectivity index (χ2n) is 3.76. The molecule has 1 unspecified atom stereocenters. The van der Waals surface area contributed by atoms with Gasteiger partial charge in [-0.05, 0) is 25.0 Å². The van der Waals surface area contributed by atoms with Crippen molar-refractivity contribution in [2.24, 2.45) is 5.92 Å². The van der Waals surface area contributed by atoms with Crippen molar-refractivity contribution in [1.82, 2.24) is 0 Å². The minimum absolute atomic E-state index is 0.132. The van der Waals surface area contributed by atoms with E-state index in [-0.39, 0.29) is 17.3 Å². The van der Waals surface area contributed by atoms with E-state index in [1.807, 2.05) is 0 Å². The zero-order valence-corrected chi connectivity index (χ0v) is 8.41. The maximum absolute atomic E-state index is 13.3. The number of hydrogen-bond acceptors (Lipinski definition) is 2. The molecule has 0 aliphatic carbocycles. The molecule has 2 nitrogen and oxygen atoms in total. The van der Waals surface area contributed by atoms with E-state index in [2.05, 4.69) is 0 Å². The van der Waals surface area contributed by atoms with Crippen LogP contribution in [0.2, 0.25) is 0 Å². The van der Waals surface area contributed by atoms with Gasteiger partial charge in [0.25, 0.3) is 0 Å². The van der Waals surface area contributed by atoms with Crippen molar-refractivity contribution in [2.75, 3.05) is 13.2 Å². The summed E-state index contributed by atoms with van der Waals surface area (Å²) in [5.41, 5.74) is 0.188. The first kappa shape index (κ1) is 10.3. The molecule has 0 aromatic heterocycles. The van der Waals surface area contributed by atoms with Crippen LogP contribution in [0.5, 0.6) is 0 Å². The Morgan fingerprint density at radius 3 is 2.87 bits per heavy atom. The van der Waals surface area contributed by atoms with Crippen molar-refractivity contribution < 1.29 is 13.9 Å². The number of rotatable bonds is 2. The fourth-order valence-corrected chi connectivity index (χ4v) is 1.83. The zero-order valence-electron chi connectivity index (χ0n) is 8.41. The topological polar surface area (TPSA) is 26.3 Å². The SMILES string of the molecule is O=C(c1ccccc1F)C1CCCOC1. The molecule has 0 bridgehead atoms. The maximum atomic E-state index is 13.3. The van der Waals surface area contributed by atoms with Crippen LogP contribution in [0.1, 0.15) is 23.2 Å². The summed E-state index contributed by atoms with van der Waals surface area (Å²) in [6.45, 7) is 1.13. The van der Waals surface area contributed by atoms with Gasteiger partial charge in [0.1, 0.15) is 5.82 Å². The average Bonchev–Trinajstić information content (AvgIpc) is 2.30. The van der Waals surface area contributed by atoms with Gasteiger partial charge in [0, 0.05) is 12.5 Å². The highest BCUT2D eigenvalue weighted by molar-refractivity contribution is 5.98. The summed E-state index contributed by atoms with van der Waals surface area (Å²) in [5, 5.41) is 0. The lowest BCUT2D eigenvalue weighted by Gasteiger charge is -2.20. The number of carbonyl (C=O) groups excluding carboxylic acids is 1. The first-order valence-corrected chi connectivity index (χ1v) is 5.15. The van der Waals surface area contributed by atoms with Crippen LogP contribution in [-0.2, 0) is 4.74 Å². The molecule has 1 heterocycles. The second kappa shape index (κ2) is 4.53. The molecular weight excluding hydrogens is 195 g/mol. The summed E-state index contributed by atoms with van der Waals surface area (Å²) < 4.78 is 18.6. The third-order valence-electron chi connectivity index (χ3n) is 2.67. The van der Waals surface area contributed by atoms with Crippen molar-refractivity contribution in [3.8, 4) is 0 Å². The molecule has 0 radical (unpaired) electrons. The summed E-state index contributed by atoms with van der Waals surface area (Å²) >= 11 is 0. The molecule has 2 rings (SSSR count). The van der Waals surface area contributed by atoms with Crippen LogP contribution < -0.4 is 0 Å². The van der Waals surface area contributed by atoms with Crippen molar-refractivity contribution in [3.05, 3.63) is 35.6 Å². The molecular formula is C12H13FO2. The van der Waals surface area contributed by atoms with Gasteiger partial charge < -0.3 is 4.74 Å². The molecule has 0 N–H and O–H groups in total. The minimum Gasteiger partial charge on any atom is -0.381 e. The number of hydrogen-bond donors (Lipinski definition) is 0. The minimum atomic E-state index is -0.437. The summed E-state index contributed by atoms with van der Waals surface area (Å²) in [6.07, 6.45) is 1.68. The van der Waals surface area contributed by atoms with Crippen LogP contribution in [0.15, 0.2) is 24.3 Å². The van der Waals surface area contributed by atoms with E-state index in [1.54, 1.807) is 12.1 Å². The monoisotopic (exact) mass is 208 g/mol. The lowest BCUT2D eigenvalue weighted by Crippen LogP contribution is -2.25. The molecule has 1 aromatic rings. The van der Waals surface area contributed by atoms with E-state index in [0.29, 0.717) is 13.2 Å². The van der Waals surface area contributed by atoms with Crippen LogP contribution in [0.25, 0.3) is 0 Å². The third-order valence-corrected chi connectivity index (χ3v) is 2.67. The molecule has 1 aromatic carbocycles. The van der Waals surface area contributed by atoms with Gasteiger partial charge >= 0.3 is 0 Å². The van der Waals surface area contributed by atoms with Crippen molar-refractivity contribution in [3.63, 3.8) is 0 Å². The van der Waals surface area contributed by atoms with E-state index >= 15 is 0 Å². The van der Waals surface area contributed by atoms with Gasteiger partial charge in [0.2, 0.25) is 0 Å². The fourth-order valence-electron chi connectivity index (χ4n) is 1.83. The molecule has 1 aliphatic rings. The van der Waals surface area contributed by atoms with Crippen LogP contribution >= 0.6 is 0 Å². The number of halogens is 1. The molecule has 3 heteroatoms. The molecule has 1 aliphatic heterocycles. The van der Waals surface area contributed by atoms with Gasteiger partial charge in [-0.1, -0.05) is 12.1 Å². The van der Waals surface area contributed by atoms with E-state index in [4.69, 9.17) is 4.74 Å². The van der Waals surface area contributed by atoms with Crippen molar-refractivity contribution >= 4 is 5.78 Å². The Balaban J connectivity index is 2.16. The number of benzene rings is 1. The summed E-state index contributed by atoms with van der Waals surface area (Å²) in [4.78, 5) is 11.9. The highest BCUT2D eigenvalue weighted by Crippen LogP contribution is 2.20. The van der Waals surface area contributed by atoms with Crippen LogP contribution in [0.3, 0.4) is 0 Å². The van der Waals surface area contributed by atoms with Gasteiger partial charge in [-0.3, -0.25) is 4.79 Å². The van der Waals surface area contributed by atoms with E-state index in [1.165, 1.54) is 12.1 Å². The fraction of sp³-hybridized carbons (Fsp3) is 0.417. The average molecular weight is 208 g/mol. The first-order chi connectivity index (χ1) is 7.29. The van der Waals surface area contributed by atoms with Gasteiger partial charge in [0.15, 0.2) is 5.78 Å². The second-order valence-corrected chi connectivity index (χ2v) is 3.76. The molecule has 1 atom stereocenters. The number of Topliss-reactive ketones (excluding diaryl/α,β-unsaturated/α-hetero) is 1. The largest absolute Gasteiger partial charge is 0.381 e. The van der Waals surface area contributed by atoms with Gasteiger partial charge in [0.05, 0.1) is 12.2 Å². The van der Waals surface area contributed by atoms with E-state index < -0.39 is 5.82 Å². The molecule has 0 amide bonds. The molecule has 0 saturated carbocycles. The van der Waals surface area contributed by atoms with Crippen LogP contribution in [-0.4, -0.2) is 19.0 Å². The quantitative estimate of drug-likeness (QED) is 0.698. The van der Waals surface area contributed by atoms with E-state index in [0.717, 1.165) is 12.8 Å². The normalized spacial score (nSPS) is 21.3. The van der Waals surface area contributed by atoms with Crippen LogP contribution in [0, 0.1) is 11.7 Å². The smallest absolute Gasteiger partial charge is 0.171 e. The Labute approximate surface area is 88.1 Å². The van der Waals surface area contributed by atoms with Crippen molar-refractivity contribution in [1.29, 1.82) is 0 Å². The van der Waals surface area contributed by atoms with Crippen LogP contribution in [0.4, 0.5) is 4.39 Å². The molecule has 1 saturated heterocycles. The Morgan fingerprint density at radius 2 is 2.20 bits per heavy atom. The molecule has 15 heavy (non-hydrogen) atoms. The van der Waals surface area contributed by atoms with Gasteiger partial charge in [-0.2, -0.15) is 0 Å². The summed E-state index contributed by atoms with van der Waals surface area (Å²) in [6, 6.07) is 6.12. The van der Waals surface area contributed by atoms with Gasteiger partial charge in [-0.15, -0.1) is 0 Å². The van der Waals surface area contributed by atoms with Gasteiger partial charge in [-0.25, -0.2) is 4.39 Å². The predicted molar refractivity (Wildman–Crippen MR) is 54.3 cm³/mol. The lowest BCUT2D eigenvalue weighted by molar-refractivity contribution is 0.0459. The highest BCUT2D eigenvalue weighted by atomic mass is 19.1. The maximum Gasteiger partial charge on any atom is 0.171 e. The lowest BCUT2D eigenvalue weighted by atomic mass is 9.92. The summed E-state index contributed by atoms with van der Waals surface area (Å²) in [7, 11) is 0. The third kappa shape index (κ3) is 2.23. The number of ether oxygens (including phenoxy) is 1. The van der Waals surface area contributed by atoms with E-state index in [9.17, 15) is 9.18 Å². The number of ketones is 1. The zero-order chi connectivity index (χ0) is 10.7.